The molecule has 0 spiro atoms. The second kappa shape index (κ2) is 12.7. The molecule has 2 fully saturated rings. The van der Waals surface area contributed by atoms with Crippen molar-refractivity contribution in [3.8, 4) is 0 Å². The molecule has 0 radical (unpaired) electrons. The van der Waals surface area contributed by atoms with Gasteiger partial charge in [0, 0.05) is 29.5 Å². The fourth-order valence-electron chi connectivity index (χ4n) is 6.15. The van der Waals surface area contributed by atoms with Crippen molar-refractivity contribution in [2.75, 3.05) is 11.4 Å². The highest BCUT2D eigenvalue weighted by Crippen LogP contribution is 2.44. The van der Waals surface area contributed by atoms with Crippen molar-refractivity contribution < 1.29 is 19.1 Å². The van der Waals surface area contributed by atoms with Gasteiger partial charge in [-0.1, -0.05) is 55.7 Å². The first-order valence-electron chi connectivity index (χ1n) is 14.5. The zero-order chi connectivity index (χ0) is 28.1. The lowest BCUT2D eigenvalue weighted by Crippen LogP contribution is -2.55. The van der Waals surface area contributed by atoms with Gasteiger partial charge in [0.1, 0.15) is 12.1 Å². The number of para-hydroxylation sites is 1. The molecule has 1 aliphatic carbocycles. The van der Waals surface area contributed by atoms with Crippen LogP contribution in [0.25, 0.3) is 0 Å². The maximum Gasteiger partial charge on any atom is 0.410 e. The third-order valence-corrected chi connectivity index (χ3v) is 7.77. The molecule has 39 heavy (non-hydrogen) atoms. The Balaban J connectivity index is 1.81. The molecular weight excluding hydrogens is 490 g/mol. The number of hydrogen-bond donors (Lipinski definition) is 0. The summed E-state index contributed by atoms with van der Waals surface area (Å²) in [5, 5.41) is 0. The predicted octanol–water partition coefficient (Wildman–Crippen LogP) is 6.67. The molecule has 210 valence electrons. The molecule has 0 bridgehead atoms. The molecule has 2 heterocycles. The number of carbonyl (C=O) groups excluding carboxylic acids is 3. The van der Waals surface area contributed by atoms with E-state index in [-0.39, 0.29) is 24.0 Å². The van der Waals surface area contributed by atoms with Gasteiger partial charge in [-0.15, -0.1) is 0 Å². The summed E-state index contributed by atoms with van der Waals surface area (Å²) >= 11 is 0. The number of likely N-dealkylation sites (tertiary alicyclic amines) is 1. The summed E-state index contributed by atoms with van der Waals surface area (Å²) in [5.74, 6) is -0.347. The number of ether oxygens (including phenoxy) is 1. The molecule has 0 unspecified atom stereocenters. The van der Waals surface area contributed by atoms with Crippen LogP contribution in [-0.2, 0) is 14.3 Å². The number of hydrogen-bond acceptors (Lipinski definition) is 4. The highest BCUT2D eigenvalue weighted by Gasteiger charge is 2.48. The minimum atomic E-state index is -0.817. The van der Waals surface area contributed by atoms with Gasteiger partial charge in [0.05, 0.1) is 6.10 Å². The van der Waals surface area contributed by atoms with Crippen LogP contribution in [0.5, 0.6) is 0 Å². The highest BCUT2D eigenvalue weighted by atomic mass is 16.6. The van der Waals surface area contributed by atoms with Crippen molar-refractivity contribution in [3.05, 3.63) is 65.9 Å². The second-order valence-corrected chi connectivity index (χ2v) is 11.2. The number of anilines is 1. The first kappa shape index (κ1) is 28.7. The van der Waals surface area contributed by atoms with Crippen LogP contribution in [-0.4, -0.2) is 52.4 Å². The van der Waals surface area contributed by atoms with Gasteiger partial charge in [0.2, 0.25) is 0 Å². The van der Waals surface area contributed by atoms with Gasteiger partial charge in [-0.3, -0.25) is 19.4 Å². The van der Waals surface area contributed by atoms with Crippen molar-refractivity contribution in [3.63, 3.8) is 0 Å². The zero-order valence-electron chi connectivity index (χ0n) is 23.9. The Morgan fingerprint density at radius 1 is 1.08 bits per heavy atom. The number of benzene rings is 1. The summed E-state index contributed by atoms with van der Waals surface area (Å²) in [6.45, 7) is 11.9. The number of piperidine rings is 1. The van der Waals surface area contributed by atoms with Gasteiger partial charge in [-0.2, -0.15) is 0 Å². The van der Waals surface area contributed by atoms with Crippen molar-refractivity contribution in [2.45, 2.75) is 103 Å². The summed E-state index contributed by atoms with van der Waals surface area (Å²) in [6.07, 6.45) is 12.2. The number of allylic oxidation sites excluding steroid dienone is 4. The van der Waals surface area contributed by atoms with E-state index in [1.165, 1.54) is 6.42 Å². The van der Waals surface area contributed by atoms with E-state index in [4.69, 9.17) is 4.74 Å². The van der Waals surface area contributed by atoms with E-state index in [0.29, 0.717) is 18.7 Å². The van der Waals surface area contributed by atoms with Gasteiger partial charge in [-0.05, 0) is 78.0 Å². The lowest BCUT2D eigenvalue weighted by Gasteiger charge is -2.39. The van der Waals surface area contributed by atoms with Crippen molar-refractivity contribution in [1.29, 1.82) is 0 Å². The van der Waals surface area contributed by atoms with Gasteiger partial charge in [-0.25, -0.2) is 4.79 Å². The molecule has 2 atom stereocenters. The van der Waals surface area contributed by atoms with E-state index in [1.807, 2.05) is 61.2 Å². The zero-order valence-corrected chi connectivity index (χ0v) is 23.9. The summed E-state index contributed by atoms with van der Waals surface area (Å²) < 4.78 is 5.52. The summed E-state index contributed by atoms with van der Waals surface area (Å²) in [7, 11) is 0. The molecule has 3 aliphatic rings. The van der Waals surface area contributed by atoms with Crippen molar-refractivity contribution in [2.24, 2.45) is 0 Å². The predicted molar refractivity (Wildman–Crippen MR) is 154 cm³/mol. The number of rotatable bonds is 7. The fraction of sp³-hybridized carbons (Fsp3) is 0.531. The maximum absolute atomic E-state index is 14.6. The Morgan fingerprint density at radius 3 is 2.44 bits per heavy atom. The van der Waals surface area contributed by atoms with E-state index in [0.717, 1.165) is 55.3 Å². The fourth-order valence-corrected chi connectivity index (χ4v) is 6.15. The third-order valence-electron chi connectivity index (χ3n) is 7.77. The van der Waals surface area contributed by atoms with Crippen LogP contribution in [0.2, 0.25) is 0 Å². The standard InChI is InChI=1S/C32H43N3O4/c1-6-14-25(21-22(2)3)35(30(36)28-19-12-13-20-33(28)32(38)39-23(4)5)29-26-17-10-11-18-27(26)34(31(29)37)24-15-8-7-9-16-24/h6,10-11,14,17-18,21,23-24,28-29H,2,7-9,12-13,15-16,19-20H2,1,3-5H3/b14-6-,25-21+/t28-,29+/m1/s1. The largest absolute Gasteiger partial charge is 0.447 e. The maximum atomic E-state index is 14.6. The van der Waals surface area contributed by atoms with Crippen LogP contribution in [0, 0.1) is 0 Å². The third kappa shape index (κ3) is 6.13. The SMILES string of the molecule is C=C(C)/C=C(\C=C/C)N(C(=O)[C@H]1CCCCN1C(=O)OC(C)C)[C@@H]1C(=O)N(C2CCCCC2)c2ccccc21. The molecule has 1 saturated heterocycles. The molecular formula is C32H43N3O4. The minimum Gasteiger partial charge on any atom is -0.447 e. The highest BCUT2D eigenvalue weighted by molar-refractivity contribution is 6.07. The molecule has 0 N–H and O–H groups in total. The quantitative estimate of drug-likeness (QED) is 0.367. The Kier molecular flexibility index (Phi) is 9.31. The number of carbonyl (C=O) groups is 3. The van der Waals surface area contributed by atoms with E-state index >= 15 is 0 Å². The molecule has 4 rings (SSSR count). The van der Waals surface area contributed by atoms with Gasteiger partial charge in [0.15, 0.2) is 0 Å². The van der Waals surface area contributed by atoms with E-state index in [9.17, 15) is 14.4 Å². The van der Waals surface area contributed by atoms with Gasteiger partial charge < -0.3 is 9.64 Å². The van der Waals surface area contributed by atoms with Crippen LogP contribution < -0.4 is 4.90 Å². The smallest absolute Gasteiger partial charge is 0.410 e. The van der Waals surface area contributed by atoms with Crippen LogP contribution in [0.4, 0.5) is 10.5 Å². The van der Waals surface area contributed by atoms with Crippen LogP contribution in [0.15, 0.2) is 60.3 Å². The lowest BCUT2D eigenvalue weighted by molar-refractivity contribution is -0.141. The topological polar surface area (TPSA) is 70.2 Å². The van der Waals surface area contributed by atoms with Crippen LogP contribution in [0.1, 0.15) is 90.7 Å². The monoisotopic (exact) mass is 533 g/mol. The van der Waals surface area contributed by atoms with E-state index in [1.54, 1.807) is 23.6 Å². The Morgan fingerprint density at radius 2 is 1.77 bits per heavy atom. The van der Waals surface area contributed by atoms with Gasteiger partial charge >= 0.3 is 6.09 Å². The molecule has 1 aromatic rings. The number of amides is 3. The van der Waals surface area contributed by atoms with Crippen molar-refractivity contribution in [1.82, 2.24) is 9.80 Å². The molecule has 2 aliphatic heterocycles. The summed E-state index contributed by atoms with van der Waals surface area (Å²) in [4.78, 5) is 47.2. The first-order chi connectivity index (χ1) is 18.7. The number of nitrogens with zero attached hydrogens (tertiary/aromatic N) is 3. The normalized spacial score (nSPS) is 22.4. The Hall–Kier alpha value is -3.35. The van der Waals surface area contributed by atoms with E-state index < -0.39 is 18.2 Å². The molecule has 7 heteroatoms. The van der Waals surface area contributed by atoms with Crippen LogP contribution >= 0.6 is 0 Å². The second-order valence-electron chi connectivity index (χ2n) is 11.2. The number of fused-ring (bicyclic) bond motifs is 1. The molecule has 1 aromatic carbocycles. The van der Waals surface area contributed by atoms with E-state index in [2.05, 4.69) is 6.58 Å². The van der Waals surface area contributed by atoms with Gasteiger partial charge in [0.25, 0.3) is 11.8 Å². The summed E-state index contributed by atoms with van der Waals surface area (Å²) in [6, 6.07) is 6.43. The molecule has 1 saturated carbocycles. The minimum absolute atomic E-state index is 0.0827. The average Bonchev–Trinajstić information content (AvgIpc) is 3.20. The Labute approximate surface area is 233 Å². The lowest BCUT2D eigenvalue weighted by atomic mass is 9.94. The molecule has 7 nitrogen and oxygen atoms in total. The van der Waals surface area contributed by atoms with Crippen molar-refractivity contribution >= 4 is 23.6 Å². The average molecular weight is 534 g/mol. The Bertz CT molecular complexity index is 1150. The first-order valence-corrected chi connectivity index (χ1v) is 14.5. The summed E-state index contributed by atoms with van der Waals surface area (Å²) in [5.41, 5.74) is 3.07. The van der Waals surface area contributed by atoms with Crippen LogP contribution in [0.3, 0.4) is 0 Å². The molecule has 3 amide bonds. The molecule has 0 aromatic heterocycles.